The van der Waals surface area contributed by atoms with Crippen LogP contribution in [0.4, 0.5) is 11.4 Å². The largest absolute Gasteiger partial charge is 0.390 e. The molecule has 0 radical (unpaired) electrons. The second-order valence-electron chi connectivity index (χ2n) is 13.5. The lowest BCUT2D eigenvalue weighted by molar-refractivity contribution is -0.447. The van der Waals surface area contributed by atoms with Gasteiger partial charge in [-0.1, -0.05) is 26.0 Å². The Bertz CT molecular complexity index is 2040. The van der Waals surface area contributed by atoms with E-state index in [0.29, 0.717) is 6.54 Å². The maximum absolute atomic E-state index is 11.7. The molecule has 0 spiro atoms. The van der Waals surface area contributed by atoms with Gasteiger partial charge in [0.2, 0.25) is 5.69 Å². The molecule has 2 aromatic heterocycles. The smallest absolute Gasteiger partial charge is 0.267 e. The Labute approximate surface area is 273 Å². The predicted octanol–water partition coefficient (Wildman–Crippen LogP) is 6.98. The third-order valence-corrected chi connectivity index (χ3v) is 12.2. The van der Waals surface area contributed by atoms with Crippen LogP contribution in [0.3, 0.4) is 0 Å². The van der Waals surface area contributed by atoms with E-state index in [1.54, 1.807) is 22.7 Å². The number of fused-ring (bicyclic) bond motifs is 6. The number of allylic oxidation sites excluding steroid dienone is 4. The van der Waals surface area contributed by atoms with E-state index >= 15 is 0 Å². The van der Waals surface area contributed by atoms with Crippen LogP contribution in [-0.4, -0.2) is 64.5 Å². The molecule has 4 aromatic rings. The van der Waals surface area contributed by atoms with Gasteiger partial charge in [-0.05, 0) is 86.3 Å². The molecule has 0 fully saturated rings. The van der Waals surface area contributed by atoms with Crippen LogP contribution in [0.5, 0.6) is 0 Å². The van der Waals surface area contributed by atoms with Crippen molar-refractivity contribution in [2.45, 2.75) is 71.5 Å². The molecule has 6 rings (SSSR count). The molecule has 2 atom stereocenters. The first-order valence-corrected chi connectivity index (χ1v) is 18.5. The van der Waals surface area contributed by atoms with Crippen molar-refractivity contribution in [2.24, 2.45) is 0 Å². The fourth-order valence-electron chi connectivity index (χ4n) is 7.30. The Balaban J connectivity index is 1.50. The van der Waals surface area contributed by atoms with Crippen LogP contribution >= 0.6 is 22.7 Å². The molecule has 238 valence electrons. The molecule has 10 heteroatoms. The molecule has 2 aliphatic rings. The highest BCUT2D eigenvalue weighted by molar-refractivity contribution is 7.85. The number of hydrogen-bond acceptors (Lipinski definition) is 7. The highest BCUT2D eigenvalue weighted by atomic mass is 32.2. The van der Waals surface area contributed by atoms with E-state index in [9.17, 15) is 23.2 Å². The summed E-state index contributed by atoms with van der Waals surface area (Å²) in [5.74, 6) is -0.740. The number of benzene rings is 2. The quantitative estimate of drug-likeness (QED) is 0.139. The van der Waals surface area contributed by atoms with E-state index in [4.69, 9.17) is 0 Å². The molecule has 2 unspecified atom stereocenters. The Morgan fingerprint density at radius 2 is 1.56 bits per heavy atom. The zero-order valence-corrected chi connectivity index (χ0v) is 29.2. The second-order valence-corrected chi connectivity index (χ2v) is 16.9. The molecule has 2 aliphatic heterocycles. The number of aliphatic hydroxyl groups excluding tert-OH is 2. The lowest BCUT2D eigenvalue weighted by Gasteiger charge is -2.28. The minimum absolute atomic E-state index is 0.0149. The van der Waals surface area contributed by atoms with Crippen molar-refractivity contribution in [2.75, 3.05) is 23.7 Å². The van der Waals surface area contributed by atoms with E-state index in [2.05, 4.69) is 93.3 Å². The summed E-state index contributed by atoms with van der Waals surface area (Å²) in [5.41, 5.74) is 8.11. The number of rotatable bonds is 8. The van der Waals surface area contributed by atoms with Crippen LogP contribution in [0.25, 0.3) is 20.2 Å². The van der Waals surface area contributed by atoms with Gasteiger partial charge < -0.3 is 15.1 Å². The average Bonchev–Trinajstić information content (AvgIpc) is 3.67. The lowest BCUT2D eigenvalue weighted by Crippen LogP contribution is -2.36. The molecule has 45 heavy (non-hydrogen) atoms. The van der Waals surface area contributed by atoms with Crippen LogP contribution in [-0.2, 0) is 20.9 Å². The summed E-state index contributed by atoms with van der Waals surface area (Å²) in [4.78, 5) is 2.02. The minimum Gasteiger partial charge on any atom is -0.390 e. The van der Waals surface area contributed by atoms with Crippen LogP contribution < -0.4 is 4.90 Å². The number of anilines is 1. The molecule has 2 aromatic carbocycles. The first-order valence-electron chi connectivity index (χ1n) is 15.2. The van der Waals surface area contributed by atoms with Crippen LogP contribution in [0.15, 0.2) is 59.0 Å². The molecular weight excluding hydrogens is 625 g/mol. The zero-order chi connectivity index (χ0) is 32.6. The standard InChI is InChI=1S/C35H40N2O5S3/c1-20-15-26-30(24-11-13-43-32(20)24)36(17-22(3)38)28(34(26,4)5)9-8-10-29-35(6,7)27-16-21(2)33-25(12-14-44-33)31(27)37(29)18-23(39)19-45(40,41)42/h8-16,22-23,38-39H,17-19H2,1-7H3/p+1. The number of aliphatic hydroxyl groups is 2. The molecule has 3 N–H and O–H groups in total. The maximum atomic E-state index is 11.7. The molecule has 7 nitrogen and oxygen atoms in total. The summed E-state index contributed by atoms with van der Waals surface area (Å²) in [6.07, 6.45) is 4.40. The third kappa shape index (κ3) is 5.39. The zero-order valence-electron chi connectivity index (χ0n) is 26.7. The Morgan fingerprint density at radius 3 is 2.18 bits per heavy atom. The van der Waals surface area contributed by atoms with E-state index in [0.717, 1.165) is 38.4 Å². The van der Waals surface area contributed by atoms with Crippen LogP contribution in [0.1, 0.15) is 56.9 Å². The second kappa shape index (κ2) is 11.1. The Kier molecular flexibility index (Phi) is 7.94. The van der Waals surface area contributed by atoms with Gasteiger partial charge in [-0.2, -0.15) is 13.0 Å². The van der Waals surface area contributed by atoms with Gasteiger partial charge in [-0.25, -0.2) is 0 Å². The van der Waals surface area contributed by atoms with Crippen molar-refractivity contribution in [3.63, 3.8) is 0 Å². The predicted molar refractivity (Wildman–Crippen MR) is 188 cm³/mol. The van der Waals surface area contributed by atoms with Gasteiger partial charge in [0.1, 0.15) is 11.9 Å². The van der Waals surface area contributed by atoms with Gasteiger partial charge in [-0.3, -0.25) is 4.55 Å². The van der Waals surface area contributed by atoms with Gasteiger partial charge in [0, 0.05) is 44.1 Å². The molecule has 0 saturated carbocycles. The van der Waals surface area contributed by atoms with E-state index in [1.165, 1.54) is 26.8 Å². The Morgan fingerprint density at radius 1 is 0.956 bits per heavy atom. The van der Waals surface area contributed by atoms with Crippen LogP contribution in [0, 0.1) is 13.8 Å². The van der Waals surface area contributed by atoms with E-state index in [-0.39, 0.29) is 12.0 Å². The first-order chi connectivity index (χ1) is 21.0. The van der Waals surface area contributed by atoms with Gasteiger partial charge in [0.25, 0.3) is 10.1 Å². The molecule has 0 saturated heterocycles. The summed E-state index contributed by atoms with van der Waals surface area (Å²) in [7, 11) is -4.36. The SMILES string of the molecule is Cc1cc2c(c3ccsc13)N(CC(O)CS(=O)(=O)O)C(=CC=CC1=[N+](CC(C)O)c3c(cc(C)c4sccc34)C1(C)C)C2(C)C. The molecule has 4 heterocycles. The van der Waals surface area contributed by atoms with Crippen molar-refractivity contribution in [3.8, 4) is 0 Å². The molecule has 0 aliphatic carbocycles. The summed E-state index contributed by atoms with van der Waals surface area (Å²) in [5, 5.41) is 27.9. The average molecular weight is 666 g/mol. The number of nitrogens with zero attached hydrogens (tertiary/aromatic N) is 2. The van der Waals surface area contributed by atoms with Crippen molar-refractivity contribution in [1.29, 1.82) is 0 Å². The maximum Gasteiger partial charge on any atom is 0.267 e. The van der Waals surface area contributed by atoms with Gasteiger partial charge in [-0.15, -0.1) is 22.7 Å². The van der Waals surface area contributed by atoms with Crippen molar-refractivity contribution in [1.82, 2.24) is 0 Å². The number of aryl methyl sites for hydroxylation is 2. The number of β-amino-alcohol motifs (C(OH)–C–C–N with tert-alkyl or cyclic N) is 2. The number of thiophene rings is 2. The van der Waals surface area contributed by atoms with E-state index in [1.807, 2.05) is 17.9 Å². The topological polar surface area (TPSA) is 101 Å². The molecule has 0 amide bonds. The van der Waals surface area contributed by atoms with E-state index < -0.39 is 33.5 Å². The highest BCUT2D eigenvalue weighted by Gasteiger charge is 2.46. The summed E-state index contributed by atoms with van der Waals surface area (Å²) < 4.78 is 37.5. The van der Waals surface area contributed by atoms with Crippen LogP contribution in [0.2, 0.25) is 0 Å². The fraction of sp³-hybridized carbons (Fsp3) is 0.400. The molecular formula is C35H41N2O5S3+. The fourth-order valence-corrected chi connectivity index (χ4v) is 9.64. The van der Waals surface area contributed by atoms with Crippen molar-refractivity contribution < 1.29 is 27.8 Å². The first kappa shape index (κ1) is 32.1. The lowest BCUT2D eigenvalue weighted by atomic mass is 9.80. The minimum atomic E-state index is -4.36. The summed E-state index contributed by atoms with van der Waals surface area (Å²) in [6.45, 7) is 15.3. The summed E-state index contributed by atoms with van der Waals surface area (Å²) in [6, 6.07) is 8.74. The highest BCUT2D eigenvalue weighted by Crippen LogP contribution is 2.52. The third-order valence-electron chi connectivity index (χ3n) is 9.29. The Hall–Kier alpha value is -2.86. The van der Waals surface area contributed by atoms with Crippen molar-refractivity contribution in [3.05, 3.63) is 81.2 Å². The van der Waals surface area contributed by atoms with Gasteiger partial charge >= 0.3 is 0 Å². The molecule has 0 bridgehead atoms. The van der Waals surface area contributed by atoms with Gasteiger partial charge in [0.15, 0.2) is 12.3 Å². The summed E-state index contributed by atoms with van der Waals surface area (Å²) >= 11 is 3.40. The monoisotopic (exact) mass is 665 g/mol. The number of hydrogen-bond donors (Lipinski definition) is 3. The van der Waals surface area contributed by atoms with Gasteiger partial charge in [0.05, 0.1) is 22.6 Å². The van der Waals surface area contributed by atoms with Crippen molar-refractivity contribution >= 4 is 70.1 Å². The normalized spacial score (nSPS) is 19.8.